The zero-order valence-electron chi connectivity index (χ0n) is 13.4. The van der Waals surface area contributed by atoms with Crippen LogP contribution in [0, 0.1) is 0 Å². The van der Waals surface area contributed by atoms with Gasteiger partial charge >= 0.3 is 5.97 Å². The van der Waals surface area contributed by atoms with E-state index in [0.717, 1.165) is 12.8 Å². The quantitative estimate of drug-likeness (QED) is 0.545. The van der Waals surface area contributed by atoms with Gasteiger partial charge in [-0.2, -0.15) is 4.72 Å². The van der Waals surface area contributed by atoms with Gasteiger partial charge in [-0.15, -0.1) is 0 Å². The highest BCUT2D eigenvalue weighted by molar-refractivity contribution is 7.89. The molecule has 0 unspecified atom stereocenters. The fraction of sp³-hybridized carbons (Fsp3) is 0.467. The predicted molar refractivity (Wildman–Crippen MR) is 89.4 cm³/mol. The number of hydrogen-bond donors (Lipinski definition) is 3. The number of sulfonamides is 1. The van der Waals surface area contributed by atoms with Crippen LogP contribution in [-0.4, -0.2) is 50.2 Å². The van der Waals surface area contributed by atoms with Gasteiger partial charge in [-0.25, -0.2) is 8.42 Å². The Hall–Kier alpha value is -1.68. The summed E-state index contributed by atoms with van der Waals surface area (Å²) in [5, 5.41) is 12.7. The summed E-state index contributed by atoms with van der Waals surface area (Å²) < 4.78 is 31.5. The highest BCUT2D eigenvalue weighted by Gasteiger charge is 2.31. The molecule has 1 fully saturated rings. The van der Waals surface area contributed by atoms with E-state index in [1.807, 2.05) is 0 Å². The molecule has 1 saturated carbocycles. The molecule has 1 aliphatic rings. The molecule has 2 rings (SSSR count). The van der Waals surface area contributed by atoms with Crippen LogP contribution in [0.5, 0.6) is 0 Å². The average molecular weight is 391 g/mol. The molecule has 0 aliphatic heterocycles. The van der Waals surface area contributed by atoms with Crippen molar-refractivity contribution in [2.24, 2.45) is 0 Å². The molecule has 10 heteroatoms. The third-order valence-electron chi connectivity index (χ3n) is 3.43. The van der Waals surface area contributed by atoms with Crippen molar-refractivity contribution in [3.8, 4) is 0 Å². The minimum atomic E-state index is -4.08. The molecule has 8 nitrogen and oxygen atoms in total. The van der Waals surface area contributed by atoms with Gasteiger partial charge in [0.2, 0.25) is 10.0 Å². The van der Waals surface area contributed by atoms with Crippen molar-refractivity contribution in [2.45, 2.75) is 42.8 Å². The van der Waals surface area contributed by atoms with Gasteiger partial charge in [-0.1, -0.05) is 11.6 Å². The van der Waals surface area contributed by atoms with E-state index in [-0.39, 0.29) is 10.9 Å². The number of hydrogen-bond acceptors (Lipinski definition) is 6. The van der Waals surface area contributed by atoms with Crippen molar-refractivity contribution in [1.29, 1.82) is 0 Å². The summed E-state index contributed by atoms with van der Waals surface area (Å²) in [4.78, 5) is 23.4. The van der Waals surface area contributed by atoms with Crippen LogP contribution in [0.1, 0.15) is 19.8 Å². The second-order valence-corrected chi connectivity index (χ2v) is 7.89. The van der Waals surface area contributed by atoms with E-state index in [1.165, 1.54) is 31.2 Å². The van der Waals surface area contributed by atoms with E-state index < -0.39 is 40.7 Å². The van der Waals surface area contributed by atoms with Crippen LogP contribution in [0.2, 0.25) is 5.02 Å². The van der Waals surface area contributed by atoms with Crippen LogP contribution >= 0.6 is 11.6 Å². The maximum absolute atomic E-state index is 12.3. The molecule has 1 aromatic carbocycles. The minimum Gasteiger partial charge on any atom is -0.454 e. The number of benzene rings is 1. The maximum atomic E-state index is 12.3. The van der Waals surface area contributed by atoms with Crippen LogP contribution in [0.4, 0.5) is 0 Å². The van der Waals surface area contributed by atoms with E-state index in [1.54, 1.807) is 0 Å². The van der Waals surface area contributed by atoms with E-state index >= 15 is 0 Å². The van der Waals surface area contributed by atoms with Gasteiger partial charge in [-0.3, -0.25) is 9.59 Å². The monoisotopic (exact) mass is 390 g/mol. The molecular weight excluding hydrogens is 372 g/mol. The van der Waals surface area contributed by atoms with Gasteiger partial charge < -0.3 is 15.2 Å². The molecular formula is C15H19ClN2O6S. The smallest absolute Gasteiger partial charge is 0.327 e. The third-order valence-corrected chi connectivity index (χ3v) is 5.14. The number of amides is 1. The van der Waals surface area contributed by atoms with Gasteiger partial charge in [0.25, 0.3) is 5.91 Å². The Morgan fingerprint density at radius 1 is 1.32 bits per heavy atom. The zero-order valence-corrected chi connectivity index (χ0v) is 15.0. The van der Waals surface area contributed by atoms with Crippen molar-refractivity contribution >= 4 is 33.5 Å². The summed E-state index contributed by atoms with van der Waals surface area (Å²) in [6, 6.07) is 3.86. The first-order valence-corrected chi connectivity index (χ1v) is 9.47. The molecule has 1 amide bonds. The number of carbonyl (C=O) groups is 2. The summed E-state index contributed by atoms with van der Waals surface area (Å²) in [5.74, 6) is -1.51. The number of rotatable bonds is 8. The van der Waals surface area contributed by atoms with Crippen molar-refractivity contribution in [2.75, 3.05) is 6.61 Å². The molecule has 0 radical (unpaired) electrons. The predicted octanol–water partition coefficient (Wildman–Crippen LogP) is 0.189. The number of esters is 1. The third kappa shape index (κ3) is 5.96. The lowest BCUT2D eigenvalue weighted by Gasteiger charge is -2.20. The Morgan fingerprint density at radius 2 is 1.92 bits per heavy atom. The van der Waals surface area contributed by atoms with Crippen molar-refractivity contribution in [3.05, 3.63) is 29.3 Å². The second kappa shape index (κ2) is 8.13. The number of aliphatic hydroxyl groups excluding tert-OH is 1. The van der Waals surface area contributed by atoms with Crippen LogP contribution in [0.3, 0.4) is 0 Å². The number of nitrogens with one attached hydrogen (secondary N) is 2. The van der Waals surface area contributed by atoms with Crippen LogP contribution in [0.25, 0.3) is 0 Å². The first-order valence-electron chi connectivity index (χ1n) is 7.61. The number of carbonyl (C=O) groups excluding carboxylic acids is 2. The summed E-state index contributed by atoms with van der Waals surface area (Å²) in [6.07, 6.45) is 0.411. The molecule has 0 saturated heterocycles. The first kappa shape index (κ1) is 19.6. The molecule has 0 aromatic heterocycles. The second-order valence-electron chi connectivity index (χ2n) is 5.74. The minimum absolute atomic E-state index is 0.113. The summed E-state index contributed by atoms with van der Waals surface area (Å²) in [5.41, 5.74) is 0. The van der Waals surface area contributed by atoms with Crippen LogP contribution in [0.15, 0.2) is 29.2 Å². The zero-order chi connectivity index (χ0) is 18.6. The number of ether oxygens (including phenoxy) is 1. The first-order chi connectivity index (χ1) is 11.7. The van der Waals surface area contributed by atoms with E-state index in [2.05, 4.69) is 10.0 Å². The lowest BCUT2D eigenvalue weighted by molar-refractivity contribution is -0.152. The normalized spacial score (nSPS) is 16.8. The molecule has 3 N–H and O–H groups in total. The molecule has 2 atom stereocenters. The van der Waals surface area contributed by atoms with Gasteiger partial charge in [0.15, 0.2) is 6.61 Å². The highest BCUT2D eigenvalue weighted by Crippen LogP contribution is 2.18. The lowest BCUT2D eigenvalue weighted by Crippen LogP contribution is -2.49. The Balaban J connectivity index is 1.99. The number of halogens is 1. The largest absolute Gasteiger partial charge is 0.454 e. The molecule has 0 bridgehead atoms. The fourth-order valence-corrected chi connectivity index (χ4v) is 3.30. The van der Waals surface area contributed by atoms with Gasteiger partial charge in [0.05, 0.1) is 11.0 Å². The van der Waals surface area contributed by atoms with Crippen LogP contribution < -0.4 is 10.0 Å². The molecule has 1 aliphatic carbocycles. The Bertz CT molecular complexity index is 731. The average Bonchev–Trinajstić information content (AvgIpc) is 3.34. The summed E-state index contributed by atoms with van der Waals surface area (Å²) >= 11 is 5.71. The highest BCUT2D eigenvalue weighted by atomic mass is 35.5. The van der Waals surface area contributed by atoms with Crippen LogP contribution in [-0.2, 0) is 24.3 Å². The standard InChI is InChI=1S/C15H19ClN2O6S/c1-9(19)14(15(21)24-8-13(20)17-11-4-5-11)18-25(22,23)12-6-2-10(16)3-7-12/h2-3,6-7,9,11,14,18-19H,4-5,8H2,1H3,(H,17,20)/t9-,14+/m0/s1. The van der Waals surface area contributed by atoms with E-state index in [9.17, 15) is 23.1 Å². The Morgan fingerprint density at radius 3 is 2.44 bits per heavy atom. The molecule has 0 spiro atoms. The molecule has 0 heterocycles. The lowest BCUT2D eigenvalue weighted by atomic mass is 10.2. The summed E-state index contributed by atoms with van der Waals surface area (Å²) in [7, 11) is -4.08. The maximum Gasteiger partial charge on any atom is 0.327 e. The van der Waals surface area contributed by atoms with Crippen molar-refractivity contribution in [1.82, 2.24) is 10.0 Å². The van der Waals surface area contributed by atoms with Gasteiger partial charge in [0, 0.05) is 11.1 Å². The molecule has 25 heavy (non-hydrogen) atoms. The summed E-state index contributed by atoms with van der Waals surface area (Å²) in [6.45, 7) is 0.696. The topological polar surface area (TPSA) is 122 Å². The van der Waals surface area contributed by atoms with E-state index in [0.29, 0.717) is 5.02 Å². The molecule has 138 valence electrons. The van der Waals surface area contributed by atoms with E-state index in [4.69, 9.17) is 16.3 Å². The molecule has 1 aromatic rings. The van der Waals surface area contributed by atoms with Gasteiger partial charge in [-0.05, 0) is 44.0 Å². The number of aliphatic hydroxyl groups is 1. The van der Waals surface area contributed by atoms with Crippen molar-refractivity contribution < 1.29 is 27.9 Å². The SMILES string of the molecule is C[C@H](O)[C@@H](NS(=O)(=O)c1ccc(Cl)cc1)C(=O)OCC(=O)NC1CC1. The Labute approximate surface area is 150 Å². The fourth-order valence-electron chi connectivity index (χ4n) is 1.92. The van der Waals surface area contributed by atoms with Crippen molar-refractivity contribution in [3.63, 3.8) is 0 Å². The Kier molecular flexibility index (Phi) is 6.39. The van der Waals surface area contributed by atoms with Gasteiger partial charge in [0.1, 0.15) is 6.04 Å².